The minimum absolute atomic E-state index is 0.0194. The van der Waals surface area contributed by atoms with Gasteiger partial charge in [-0.05, 0) is 43.6 Å². The zero-order valence-electron chi connectivity index (χ0n) is 11.5. The predicted octanol–water partition coefficient (Wildman–Crippen LogP) is 2.31. The molecule has 0 aromatic heterocycles. The summed E-state index contributed by atoms with van der Waals surface area (Å²) in [6, 6.07) is 5.10. The van der Waals surface area contributed by atoms with E-state index in [-0.39, 0.29) is 23.4 Å². The monoisotopic (exact) mass is 302 g/mol. The molecule has 1 fully saturated rings. The molecule has 2 rings (SSSR count). The van der Waals surface area contributed by atoms with E-state index in [1.54, 1.807) is 0 Å². The van der Waals surface area contributed by atoms with Crippen LogP contribution in [0.5, 0.6) is 5.75 Å². The van der Waals surface area contributed by atoms with Crippen molar-refractivity contribution in [1.29, 1.82) is 0 Å². The number of alkyl halides is 3. The molecule has 1 saturated heterocycles. The molecular weight excluding hydrogens is 285 g/mol. The molecule has 1 aromatic rings. The van der Waals surface area contributed by atoms with E-state index >= 15 is 0 Å². The molecule has 1 aromatic carbocycles. The number of nitrogens with one attached hydrogen (secondary N) is 2. The molecule has 2 unspecified atom stereocenters. The minimum Gasteiger partial charge on any atom is -0.406 e. The normalized spacial score (nSPS) is 22.7. The van der Waals surface area contributed by atoms with Crippen LogP contribution in [0, 0.1) is 5.92 Å². The lowest BCUT2D eigenvalue weighted by molar-refractivity contribution is -0.274. The predicted molar refractivity (Wildman–Crippen MR) is 71.0 cm³/mol. The fourth-order valence-corrected chi connectivity index (χ4v) is 2.31. The van der Waals surface area contributed by atoms with Gasteiger partial charge in [0.15, 0.2) is 0 Å². The molecule has 2 N–H and O–H groups in total. The molecule has 1 amide bonds. The summed E-state index contributed by atoms with van der Waals surface area (Å²) in [5.74, 6) is -0.507. The summed E-state index contributed by atoms with van der Waals surface area (Å²) in [4.78, 5) is 12.1. The molecule has 116 valence electrons. The Morgan fingerprint density at radius 1 is 1.43 bits per heavy atom. The third kappa shape index (κ3) is 4.63. The molecule has 7 heteroatoms. The summed E-state index contributed by atoms with van der Waals surface area (Å²) in [7, 11) is 0. The van der Waals surface area contributed by atoms with Crippen molar-refractivity contribution in [2.24, 2.45) is 5.92 Å². The van der Waals surface area contributed by atoms with Crippen LogP contribution < -0.4 is 15.4 Å². The maximum Gasteiger partial charge on any atom is 0.573 e. The van der Waals surface area contributed by atoms with Crippen LogP contribution in [0.3, 0.4) is 0 Å². The van der Waals surface area contributed by atoms with E-state index in [1.165, 1.54) is 12.1 Å². The SMILES string of the molecule is CC1CNCCC1NC(=O)c1cccc(OC(F)(F)F)c1. The second kappa shape index (κ2) is 6.34. The number of carbonyl (C=O) groups excluding carboxylic acids is 1. The van der Waals surface area contributed by atoms with Gasteiger partial charge in [-0.15, -0.1) is 13.2 Å². The first-order chi connectivity index (χ1) is 9.85. The molecule has 4 nitrogen and oxygen atoms in total. The highest BCUT2D eigenvalue weighted by molar-refractivity contribution is 5.94. The molecule has 0 radical (unpaired) electrons. The number of hydrogen-bond donors (Lipinski definition) is 2. The van der Waals surface area contributed by atoms with E-state index in [9.17, 15) is 18.0 Å². The number of amides is 1. The van der Waals surface area contributed by atoms with Gasteiger partial charge >= 0.3 is 6.36 Å². The highest BCUT2D eigenvalue weighted by Crippen LogP contribution is 2.23. The number of carbonyl (C=O) groups is 1. The van der Waals surface area contributed by atoms with Crippen LogP contribution in [0.1, 0.15) is 23.7 Å². The standard InChI is InChI=1S/C14H17F3N2O2/c1-9-8-18-6-5-12(9)19-13(20)10-3-2-4-11(7-10)21-14(15,16)17/h2-4,7,9,12,18H,5-6,8H2,1H3,(H,19,20). The van der Waals surface area contributed by atoms with Gasteiger partial charge < -0.3 is 15.4 Å². The summed E-state index contributed by atoms with van der Waals surface area (Å²) < 4.78 is 40.3. The topological polar surface area (TPSA) is 50.4 Å². The van der Waals surface area contributed by atoms with Crippen LogP contribution in [0.25, 0.3) is 0 Å². The Morgan fingerprint density at radius 2 is 2.19 bits per heavy atom. The highest BCUT2D eigenvalue weighted by atomic mass is 19.4. The van der Waals surface area contributed by atoms with Crippen molar-refractivity contribution in [3.8, 4) is 5.75 Å². The molecule has 1 aliphatic rings. The lowest BCUT2D eigenvalue weighted by Gasteiger charge is -2.30. The van der Waals surface area contributed by atoms with Crippen molar-refractivity contribution < 1.29 is 22.7 Å². The highest BCUT2D eigenvalue weighted by Gasteiger charge is 2.31. The number of piperidine rings is 1. The molecule has 0 saturated carbocycles. The van der Waals surface area contributed by atoms with Crippen LogP contribution in [0.4, 0.5) is 13.2 Å². The Hall–Kier alpha value is -1.76. The van der Waals surface area contributed by atoms with Gasteiger partial charge in [0.05, 0.1) is 0 Å². The Bertz CT molecular complexity index is 505. The van der Waals surface area contributed by atoms with Crippen molar-refractivity contribution in [3.63, 3.8) is 0 Å². The third-order valence-corrected chi connectivity index (χ3v) is 3.43. The van der Waals surface area contributed by atoms with Crippen LogP contribution in [-0.2, 0) is 0 Å². The van der Waals surface area contributed by atoms with Crippen LogP contribution in [0.15, 0.2) is 24.3 Å². The molecule has 2 atom stereocenters. The number of halogens is 3. The van der Waals surface area contributed by atoms with E-state index in [2.05, 4.69) is 15.4 Å². The average molecular weight is 302 g/mol. The fraction of sp³-hybridized carbons (Fsp3) is 0.500. The van der Waals surface area contributed by atoms with Gasteiger partial charge in [0.25, 0.3) is 5.91 Å². The van der Waals surface area contributed by atoms with Gasteiger partial charge in [-0.1, -0.05) is 13.0 Å². The Kier molecular flexibility index (Phi) is 4.72. The van der Waals surface area contributed by atoms with Crippen molar-refractivity contribution in [2.75, 3.05) is 13.1 Å². The number of rotatable bonds is 3. The van der Waals surface area contributed by atoms with E-state index in [4.69, 9.17) is 0 Å². The van der Waals surface area contributed by atoms with Gasteiger partial charge in [0.1, 0.15) is 5.75 Å². The number of ether oxygens (including phenoxy) is 1. The molecular formula is C14H17F3N2O2. The average Bonchev–Trinajstić information content (AvgIpc) is 2.39. The maximum atomic E-state index is 12.2. The van der Waals surface area contributed by atoms with Crippen molar-refractivity contribution in [3.05, 3.63) is 29.8 Å². The number of benzene rings is 1. The summed E-state index contributed by atoms with van der Waals surface area (Å²) in [5, 5.41) is 6.08. The minimum atomic E-state index is -4.77. The van der Waals surface area contributed by atoms with Gasteiger partial charge in [0.2, 0.25) is 0 Å². The quantitative estimate of drug-likeness (QED) is 0.901. The van der Waals surface area contributed by atoms with Gasteiger partial charge in [-0.2, -0.15) is 0 Å². The summed E-state index contributed by atoms with van der Waals surface area (Å²) >= 11 is 0. The first-order valence-corrected chi connectivity index (χ1v) is 6.72. The van der Waals surface area contributed by atoms with Crippen molar-refractivity contribution in [2.45, 2.75) is 25.7 Å². The Morgan fingerprint density at radius 3 is 2.86 bits per heavy atom. The van der Waals surface area contributed by atoms with E-state index in [0.29, 0.717) is 0 Å². The van der Waals surface area contributed by atoms with Crippen LogP contribution in [0.2, 0.25) is 0 Å². The van der Waals surface area contributed by atoms with Crippen molar-refractivity contribution in [1.82, 2.24) is 10.6 Å². The van der Waals surface area contributed by atoms with Crippen molar-refractivity contribution >= 4 is 5.91 Å². The fourth-order valence-electron chi connectivity index (χ4n) is 2.31. The largest absolute Gasteiger partial charge is 0.573 e. The third-order valence-electron chi connectivity index (χ3n) is 3.43. The van der Waals surface area contributed by atoms with Gasteiger partial charge in [0, 0.05) is 11.6 Å². The first kappa shape index (κ1) is 15.6. The number of hydrogen-bond acceptors (Lipinski definition) is 3. The second-order valence-corrected chi connectivity index (χ2v) is 5.13. The van der Waals surface area contributed by atoms with Gasteiger partial charge in [-0.25, -0.2) is 0 Å². The summed E-state index contributed by atoms with van der Waals surface area (Å²) in [6.45, 7) is 3.63. The smallest absolute Gasteiger partial charge is 0.406 e. The molecule has 0 bridgehead atoms. The maximum absolute atomic E-state index is 12.2. The Balaban J connectivity index is 2.03. The molecule has 0 spiro atoms. The zero-order valence-corrected chi connectivity index (χ0v) is 11.5. The lowest BCUT2D eigenvalue weighted by Crippen LogP contribution is -2.48. The molecule has 21 heavy (non-hydrogen) atoms. The summed E-state index contributed by atoms with van der Waals surface area (Å²) in [5.41, 5.74) is 0.155. The second-order valence-electron chi connectivity index (χ2n) is 5.13. The molecule has 1 heterocycles. The van der Waals surface area contributed by atoms with E-state index in [1.807, 2.05) is 6.92 Å². The lowest BCUT2D eigenvalue weighted by atomic mass is 9.95. The van der Waals surface area contributed by atoms with E-state index < -0.39 is 12.1 Å². The van der Waals surface area contributed by atoms with E-state index in [0.717, 1.165) is 31.6 Å². The van der Waals surface area contributed by atoms with Gasteiger partial charge in [-0.3, -0.25) is 4.79 Å². The van der Waals surface area contributed by atoms with Crippen LogP contribution >= 0.6 is 0 Å². The molecule has 0 aliphatic carbocycles. The Labute approximate surface area is 120 Å². The zero-order chi connectivity index (χ0) is 15.5. The first-order valence-electron chi connectivity index (χ1n) is 6.72. The summed E-state index contributed by atoms with van der Waals surface area (Å²) in [6.07, 6.45) is -3.97. The van der Waals surface area contributed by atoms with Crippen LogP contribution in [-0.4, -0.2) is 31.4 Å². The molecule has 1 aliphatic heterocycles.